The van der Waals surface area contributed by atoms with Crippen LogP contribution in [0.25, 0.3) is 28.3 Å². The minimum Gasteiger partial charge on any atom is -0.453 e. The summed E-state index contributed by atoms with van der Waals surface area (Å²) in [5, 5.41) is 16.6. The zero-order valence-electron chi connectivity index (χ0n) is 19.1. The first-order valence-electron chi connectivity index (χ1n) is 10.7. The summed E-state index contributed by atoms with van der Waals surface area (Å²) < 4.78 is 11.8. The molecule has 9 heteroatoms. The first-order valence-corrected chi connectivity index (χ1v) is 10.7. The summed E-state index contributed by atoms with van der Waals surface area (Å²) in [6.07, 6.45) is 4.75. The largest absolute Gasteiger partial charge is 0.453 e. The van der Waals surface area contributed by atoms with Gasteiger partial charge in [-0.05, 0) is 62.9 Å². The van der Waals surface area contributed by atoms with Gasteiger partial charge in [-0.15, -0.1) is 0 Å². The normalized spacial score (nSPS) is 11.7. The molecular weight excluding hydrogens is 422 g/mol. The van der Waals surface area contributed by atoms with E-state index in [1.807, 2.05) is 61.8 Å². The van der Waals surface area contributed by atoms with E-state index in [0.29, 0.717) is 12.2 Å². The van der Waals surface area contributed by atoms with Gasteiger partial charge in [0.25, 0.3) is 0 Å². The lowest BCUT2D eigenvalue weighted by Crippen LogP contribution is -2.22. The summed E-state index contributed by atoms with van der Waals surface area (Å²) in [6.45, 7) is 5.76. The van der Waals surface area contributed by atoms with Crippen LogP contribution in [0.4, 0.5) is 4.79 Å². The van der Waals surface area contributed by atoms with Crippen molar-refractivity contribution in [2.45, 2.75) is 45.8 Å². The summed E-state index contributed by atoms with van der Waals surface area (Å²) in [6, 6.07) is 10.0. The Morgan fingerprint density at radius 3 is 2.85 bits per heavy atom. The van der Waals surface area contributed by atoms with Crippen LogP contribution in [0.5, 0.6) is 0 Å². The molecule has 4 aromatic rings. The number of carbonyl (C=O) groups is 1. The number of hydrogen-bond acceptors (Lipinski definition) is 7. The Labute approximate surface area is 191 Å². The molecule has 0 radical (unpaired) electrons. The van der Waals surface area contributed by atoms with E-state index in [1.165, 1.54) is 7.11 Å². The zero-order valence-corrected chi connectivity index (χ0v) is 19.1. The summed E-state index contributed by atoms with van der Waals surface area (Å²) in [5.74, 6) is 0.714. The van der Waals surface area contributed by atoms with E-state index in [4.69, 9.17) is 4.52 Å². The van der Waals surface area contributed by atoms with Crippen LogP contribution in [0.2, 0.25) is 0 Å². The molecule has 1 aromatic carbocycles. The van der Waals surface area contributed by atoms with Crippen molar-refractivity contribution in [2.75, 3.05) is 7.11 Å². The van der Waals surface area contributed by atoms with Crippen LogP contribution in [0.15, 0.2) is 47.2 Å². The number of nitrogens with one attached hydrogen (secondary N) is 1. The fourth-order valence-corrected chi connectivity index (χ4v) is 3.53. The Balaban J connectivity index is 1.60. The lowest BCUT2D eigenvalue weighted by atomic mass is 9.99. The highest BCUT2D eigenvalue weighted by Gasteiger charge is 2.16. The molecule has 1 amide bonds. The highest BCUT2D eigenvalue weighted by atomic mass is 16.5. The molecule has 0 aliphatic carbocycles. The van der Waals surface area contributed by atoms with Crippen molar-refractivity contribution in [3.8, 4) is 22.6 Å². The van der Waals surface area contributed by atoms with Gasteiger partial charge in [0, 0.05) is 17.3 Å². The first kappa shape index (κ1) is 22.5. The minimum absolute atomic E-state index is 0.0848. The second-order valence-electron chi connectivity index (χ2n) is 8.61. The van der Waals surface area contributed by atoms with E-state index in [-0.39, 0.29) is 12.4 Å². The lowest BCUT2D eigenvalue weighted by Gasteiger charge is -2.16. The van der Waals surface area contributed by atoms with Gasteiger partial charge in [0.05, 0.1) is 24.6 Å². The van der Waals surface area contributed by atoms with Crippen LogP contribution in [0.3, 0.4) is 0 Å². The number of aryl methyl sites for hydroxylation is 2. The molecule has 0 spiro atoms. The molecule has 9 nitrogen and oxygen atoms in total. The van der Waals surface area contributed by atoms with Crippen molar-refractivity contribution < 1.29 is 19.2 Å². The highest BCUT2D eigenvalue weighted by Crippen LogP contribution is 2.29. The predicted octanol–water partition coefficient (Wildman–Crippen LogP) is 3.92. The van der Waals surface area contributed by atoms with Gasteiger partial charge in [-0.1, -0.05) is 17.3 Å². The fraction of sp³-hybridized carbons (Fsp3) is 0.333. The summed E-state index contributed by atoms with van der Waals surface area (Å²) in [5.41, 5.74) is 5.11. The maximum atomic E-state index is 11.2. The van der Waals surface area contributed by atoms with Crippen LogP contribution in [-0.4, -0.2) is 43.4 Å². The number of methoxy groups -OCH3 is 1. The molecule has 0 saturated carbocycles. The molecular formula is C24H27N5O4. The molecule has 0 aliphatic rings. The standard InChI is InChI=1S/C24H27N5O4/c1-15-5-6-17(22-27-21(33-28-22)14-26-23(30)32-4)12-18(15)19-13-25-20-11-16(8-10-29(19)20)7-9-24(2,3)31/h5-6,8,10-13,31H,7,9,14H2,1-4H3,(H,26,30). The van der Waals surface area contributed by atoms with Gasteiger partial charge in [-0.2, -0.15) is 4.98 Å². The molecule has 0 bridgehead atoms. The van der Waals surface area contributed by atoms with Crippen LogP contribution in [-0.2, 0) is 17.7 Å². The second kappa shape index (κ2) is 9.03. The Hall–Kier alpha value is -3.72. The number of fused-ring (bicyclic) bond motifs is 1. The Morgan fingerprint density at radius 2 is 2.09 bits per heavy atom. The van der Waals surface area contributed by atoms with E-state index in [1.54, 1.807) is 0 Å². The molecule has 0 fully saturated rings. The number of alkyl carbamates (subject to hydrolysis) is 1. The van der Waals surface area contributed by atoms with Crippen LogP contribution >= 0.6 is 0 Å². The average molecular weight is 450 g/mol. The number of ether oxygens (including phenoxy) is 1. The molecule has 0 aliphatic heterocycles. The lowest BCUT2D eigenvalue weighted by molar-refractivity contribution is 0.0714. The molecule has 2 N–H and O–H groups in total. The third-order valence-corrected chi connectivity index (χ3v) is 5.41. The molecule has 33 heavy (non-hydrogen) atoms. The molecule has 3 aromatic heterocycles. The van der Waals surface area contributed by atoms with Gasteiger partial charge < -0.3 is 19.7 Å². The maximum Gasteiger partial charge on any atom is 0.407 e. The number of rotatable bonds is 7. The summed E-state index contributed by atoms with van der Waals surface area (Å²) in [7, 11) is 1.29. The number of benzene rings is 1. The van der Waals surface area contributed by atoms with Crippen molar-refractivity contribution in [3.63, 3.8) is 0 Å². The predicted molar refractivity (Wildman–Crippen MR) is 123 cm³/mol. The minimum atomic E-state index is -0.700. The third-order valence-electron chi connectivity index (χ3n) is 5.41. The highest BCUT2D eigenvalue weighted by molar-refractivity contribution is 5.73. The van der Waals surface area contributed by atoms with Gasteiger partial charge in [0.2, 0.25) is 11.7 Å². The van der Waals surface area contributed by atoms with E-state index in [0.717, 1.165) is 40.0 Å². The van der Waals surface area contributed by atoms with Gasteiger partial charge in [0.15, 0.2) is 0 Å². The number of hydrogen-bond donors (Lipinski definition) is 2. The first-order chi connectivity index (χ1) is 15.7. The van der Waals surface area contributed by atoms with E-state index in [9.17, 15) is 9.90 Å². The number of pyridine rings is 1. The Kier molecular flexibility index (Phi) is 6.15. The number of amides is 1. The maximum absolute atomic E-state index is 11.2. The number of nitrogens with zero attached hydrogens (tertiary/aromatic N) is 4. The molecule has 172 valence electrons. The van der Waals surface area contributed by atoms with Crippen molar-refractivity contribution in [1.82, 2.24) is 24.8 Å². The van der Waals surface area contributed by atoms with Crippen molar-refractivity contribution in [3.05, 3.63) is 59.7 Å². The van der Waals surface area contributed by atoms with Gasteiger partial charge >= 0.3 is 6.09 Å². The number of aliphatic hydroxyl groups is 1. The fourth-order valence-electron chi connectivity index (χ4n) is 3.53. The van der Waals surface area contributed by atoms with Crippen LogP contribution in [0, 0.1) is 6.92 Å². The Morgan fingerprint density at radius 1 is 1.27 bits per heavy atom. The topological polar surface area (TPSA) is 115 Å². The third kappa shape index (κ3) is 5.20. The monoisotopic (exact) mass is 449 g/mol. The molecule has 3 heterocycles. The van der Waals surface area contributed by atoms with Crippen molar-refractivity contribution in [1.29, 1.82) is 0 Å². The summed E-state index contributed by atoms with van der Waals surface area (Å²) >= 11 is 0. The SMILES string of the molecule is COC(=O)NCc1nc(-c2ccc(C)c(-c3cnc4cc(CCC(C)(C)O)ccn34)c2)no1. The zero-order chi connectivity index (χ0) is 23.6. The average Bonchev–Trinajstić information content (AvgIpc) is 3.43. The molecule has 0 atom stereocenters. The van der Waals surface area contributed by atoms with E-state index < -0.39 is 11.7 Å². The number of imidazole rings is 1. The second-order valence-corrected chi connectivity index (χ2v) is 8.61. The van der Waals surface area contributed by atoms with Gasteiger partial charge in [-0.3, -0.25) is 4.40 Å². The number of carbonyl (C=O) groups excluding carboxylic acids is 1. The van der Waals surface area contributed by atoms with Gasteiger partial charge in [0.1, 0.15) is 12.2 Å². The van der Waals surface area contributed by atoms with Crippen LogP contribution in [0.1, 0.15) is 37.3 Å². The Bertz CT molecular complexity index is 1290. The smallest absolute Gasteiger partial charge is 0.407 e. The quantitative estimate of drug-likeness (QED) is 0.439. The van der Waals surface area contributed by atoms with Crippen molar-refractivity contribution in [2.24, 2.45) is 0 Å². The van der Waals surface area contributed by atoms with Crippen molar-refractivity contribution >= 4 is 11.7 Å². The van der Waals surface area contributed by atoms with E-state index >= 15 is 0 Å². The van der Waals surface area contributed by atoms with Gasteiger partial charge in [-0.25, -0.2) is 9.78 Å². The summed E-state index contributed by atoms with van der Waals surface area (Å²) in [4.78, 5) is 20.2. The van der Waals surface area contributed by atoms with E-state index in [2.05, 4.69) is 31.2 Å². The molecule has 4 rings (SSSR count). The number of aromatic nitrogens is 4. The van der Waals surface area contributed by atoms with Crippen LogP contribution < -0.4 is 5.32 Å². The molecule has 0 saturated heterocycles. The molecule has 0 unspecified atom stereocenters.